The Kier molecular flexibility index (Phi) is 5.39. The lowest BCUT2D eigenvalue weighted by atomic mass is 9.97. The van der Waals surface area contributed by atoms with Gasteiger partial charge in [-0.25, -0.2) is 0 Å². The number of aliphatic carboxylic acids is 1. The lowest BCUT2D eigenvalue weighted by molar-refractivity contribution is -0.141. The first-order valence-corrected chi connectivity index (χ1v) is 8.76. The summed E-state index contributed by atoms with van der Waals surface area (Å²) in [6.45, 7) is 0. The SMILES string of the molecule is O=C(O)[C@@H]1CC[C@H](C(=O)NC(c2ccccc2)c2ccc(Cl)cc2)C1. The fourth-order valence-corrected chi connectivity index (χ4v) is 3.49. The Labute approximate surface area is 151 Å². The van der Waals surface area contributed by atoms with E-state index in [1.165, 1.54) is 0 Å². The van der Waals surface area contributed by atoms with Crippen LogP contribution in [0, 0.1) is 11.8 Å². The van der Waals surface area contributed by atoms with Crippen molar-refractivity contribution in [3.63, 3.8) is 0 Å². The van der Waals surface area contributed by atoms with Gasteiger partial charge in [-0.1, -0.05) is 54.1 Å². The number of carboxylic acid groups (broad SMARTS) is 1. The molecule has 0 saturated heterocycles. The summed E-state index contributed by atoms with van der Waals surface area (Å²) >= 11 is 5.97. The largest absolute Gasteiger partial charge is 0.481 e. The van der Waals surface area contributed by atoms with Gasteiger partial charge in [-0.15, -0.1) is 0 Å². The van der Waals surface area contributed by atoms with Crippen molar-refractivity contribution in [1.29, 1.82) is 0 Å². The van der Waals surface area contributed by atoms with Gasteiger partial charge in [-0.2, -0.15) is 0 Å². The zero-order valence-electron chi connectivity index (χ0n) is 13.7. The number of hydrogen-bond donors (Lipinski definition) is 2. The van der Waals surface area contributed by atoms with Gasteiger partial charge >= 0.3 is 5.97 Å². The predicted octanol–water partition coefficient (Wildman–Crippen LogP) is 4.05. The number of rotatable bonds is 5. The van der Waals surface area contributed by atoms with Gasteiger partial charge in [0.05, 0.1) is 12.0 Å². The summed E-state index contributed by atoms with van der Waals surface area (Å²) in [6.07, 6.45) is 1.58. The van der Waals surface area contributed by atoms with Crippen LogP contribution in [0.25, 0.3) is 0 Å². The van der Waals surface area contributed by atoms with Crippen LogP contribution in [-0.2, 0) is 9.59 Å². The summed E-state index contributed by atoms with van der Waals surface area (Å²) in [6, 6.07) is 16.8. The third-order valence-electron chi connectivity index (χ3n) is 4.78. The molecular formula is C20H20ClNO3. The highest BCUT2D eigenvalue weighted by Crippen LogP contribution is 2.32. The van der Waals surface area contributed by atoms with E-state index in [9.17, 15) is 9.59 Å². The second-order valence-electron chi connectivity index (χ2n) is 6.45. The molecule has 0 radical (unpaired) electrons. The number of benzene rings is 2. The first-order chi connectivity index (χ1) is 12.0. The van der Waals surface area contributed by atoms with Crippen molar-refractivity contribution in [3.8, 4) is 0 Å². The molecule has 0 heterocycles. The molecule has 5 heteroatoms. The lowest BCUT2D eigenvalue weighted by Gasteiger charge is -2.22. The van der Waals surface area contributed by atoms with E-state index in [2.05, 4.69) is 5.32 Å². The van der Waals surface area contributed by atoms with Crippen LogP contribution in [-0.4, -0.2) is 17.0 Å². The number of nitrogens with one attached hydrogen (secondary N) is 1. The summed E-state index contributed by atoms with van der Waals surface area (Å²) < 4.78 is 0. The van der Waals surface area contributed by atoms with Crippen LogP contribution in [0.15, 0.2) is 54.6 Å². The Bertz CT molecular complexity index is 745. The first-order valence-electron chi connectivity index (χ1n) is 8.38. The van der Waals surface area contributed by atoms with E-state index in [1.54, 1.807) is 12.1 Å². The highest BCUT2D eigenvalue weighted by Gasteiger charge is 2.34. The summed E-state index contributed by atoms with van der Waals surface area (Å²) in [5.74, 6) is -1.57. The minimum Gasteiger partial charge on any atom is -0.481 e. The smallest absolute Gasteiger partial charge is 0.306 e. The fourth-order valence-electron chi connectivity index (χ4n) is 3.36. The normalized spacial score (nSPS) is 20.8. The average Bonchev–Trinajstić information content (AvgIpc) is 3.12. The zero-order chi connectivity index (χ0) is 17.8. The van der Waals surface area contributed by atoms with Gasteiger partial charge < -0.3 is 10.4 Å². The van der Waals surface area contributed by atoms with Gasteiger partial charge in [0.1, 0.15) is 0 Å². The summed E-state index contributed by atoms with van der Waals surface area (Å²) in [7, 11) is 0. The maximum atomic E-state index is 12.7. The van der Waals surface area contributed by atoms with Crippen molar-refractivity contribution in [2.24, 2.45) is 11.8 Å². The van der Waals surface area contributed by atoms with Crippen LogP contribution in [0.2, 0.25) is 5.02 Å². The molecule has 130 valence electrons. The van der Waals surface area contributed by atoms with E-state index < -0.39 is 11.9 Å². The summed E-state index contributed by atoms with van der Waals surface area (Å²) in [4.78, 5) is 23.8. The molecular weight excluding hydrogens is 338 g/mol. The number of amides is 1. The van der Waals surface area contributed by atoms with E-state index >= 15 is 0 Å². The van der Waals surface area contributed by atoms with Crippen molar-refractivity contribution < 1.29 is 14.7 Å². The zero-order valence-corrected chi connectivity index (χ0v) is 14.4. The molecule has 1 aliphatic rings. The Balaban J connectivity index is 1.80. The number of carboxylic acids is 1. The highest BCUT2D eigenvalue weighted by molar-refractivity contribution is 6.30. The monoisotopic (exact) mass is 357 g/mol. The Morgan fingerprint density at radius 3 is 2.16 bits per heavy atom. The van der Waals surface area contributed by atoms with Crippen LogP contribution >= 0.6 is 11.6 Å². The Morgan fingerprint density at radius 2 is 1.56 bits per heavy atom. The number of carbonyl (C=O) groups excluding carboxylic acids is 1. The van der Waals surface area contributed by atoms with Crippen LogP contribution < -0.4 is 5.32 Å². The van der Waals surface area contributed by atoms with Crippen LogP contribution in [0.5, 0.6) is 0 Å². The predicted molar refractivity (Wildman–Crippen MR) is 96.3 cm³/mol. The molecule has 2 aromatic rings. The first kappa shape index (κ1) is 17.5. The molecule has 25 heavy (non-hydrogen) atoms. The summed E-state index contributed by atoms with van der Waals surface area (Å²) in [5, 5.41) is 12.9. The van der Waals surface area contributed by atoms with E-state index in [-0.39, 0.29) is 17.9 Å². The van der Waals surface area contributed by atoms with Crippen molar-refractivity contribution in [3.05, 3.63) is 70.7 Å². The lowest BCUT2D eigenvalue weighted by Crippen LogP contribution is -2.34. The molecule has 1 amide bonds. The third kappa shape index (κ3) is 4.20. The second-order valence-corrected chi connectivity index (χ2v) is 6.89. The number of halogens is 1. The molecule has 2 N–H and O–H groups in total. The van der Waals surface area contributed by atoms with Crippen LogP contribution in [0.4, 0.5) is 0 Å². The van der Waals surface area contributed by atoms with Crippen molar-refractivity contribution in [2.45, 2.75) is 25.3 Å². The van der Waals surface area contributed by atoms with E-state index in [0.29, 0.717) is 24.3 Å². The molecule has 3 rings (SSSR count). The molecule has 0 bridgehead atoms. The Morgan fingerprint density at radius 1 is 0.960 bits per heavy atom. The van der Waals surface area contributed by atoms with Gasteiger partial charge in [0.2, 0.25) is 5.91 Å². The molecule has 1 fully saturated rings. The second kappa shape index (κ2) is 7.70. The molecule has 1 unspecified atom stereocenters. The fraction of sp³-hybridized carbons (Fsp3) is 0.300. The number of carbonyl (C=O) groups is 2. The van der Waals surface area contributed by atoms with E-state index in [0.717, 1.165) is 11.1 Å². The molecule has 0 aliphatic heterocycles. The molecule has 1 saturated carbocycles. The topological polar surface area (TPSA) is 66.4 Å². The van der Waals surface area contributed by atoms with Crippen molar-refractivity contribution in [1.82, 2.24) is 5.32 Å². The third-order valence-corrected chi connectivity index (χ3v) is 5.03. The van der Waals surface area contributed by atoms with E-state index in [4.69, 9.17) is 16.7 Å². The maximum Gasteiger partial charge on any atom is 0.306 e. The van der Waals surface area contributed by atoms with Crippen LogP contribution in [0.1, 0.15) is 36.4 Å². The Hall–Kier alpha value is -2.33. The van der Waals surface area contributed by atoms with Gasteiger partial charge in [0.15, 0.2) is 0 Å². The molecule has 2 aromatic carbocycles. The molecule has 3 atom stereocenters. The molecule has 4 nitrogen and oxygen atoms in total. The van der Waals surface area contributed by atoms with Gasteiger partial charge in [0, 0.05) is 10.9 Å². The standard InChI is InChI=1S/C20H20ClNO3/c21-17-10-8-14(9-11-17)18(13-4-2-1-3-5-13)22-19(23)15-6-7-16(12-15)20(24)25/h1-5,8-11,15-16,18H,6-7,12H2,(H,22,23)(H,24,25)/t15-,16+,18?/m0/s1. The minimum atomic E-state index is -0.812. The number of hydrogen-bond acceptors (Lipinski definition) is 2. The minimum absolute atomic E-state index is 0.0902. The van der Waals surface area contributed by atoms with Crippen molar-refractivity contribution >= 4 is 23.5 Å². The van der Waals surface area contributed by atoms with Gasteiger partial charge in [-0.3, -0.25) is 9.59 Å². The summed E-state index contributed by atoms with van der Waals surface area (Å²) in [5.41, 5.74) is 1.92. The highest BCUT2D eigenvalue weighted by atomic mass is 35.5. The van der Waals surface area contributed by atoms with Gasteiger partial charge in [0.25, 0.3) is 0 Å². The molecule has 0 aromatic heterocycles. The van der Waals surface area contributed by atoms with Crippen LogP contribution in [0.3, 0.4) is 0 Å². The average molecular weight is 358 g/mol. The molecule has 1 aliphatic carbocycles. The quantitative estimate of drug-likeness (QED) is 0.848. The van der Waals surface area contributed by atoms with Crippen molar-refractivity contribution in [2.75, 3.05) is 0 Å². The molecule has 0 spiro atoms. The van der Waals surface area contributed by atoms with Gasteiger partial charge in [-0.05, 0) is 42.5 Å². The van der Waals surface area contributed by atoms with E-state index in [1.807, 2.05) is 42.5 Å². The maximum absolute atomic E-state index is 12.7.